The van der Waals surface area contributed by atoms with Crippen LogP contribution < -0.4 is 0 Å². The molecule has 0 saturated heterocycles. The second-order valence-electron chi connectivity index (χ2n) is 19.1. The molecule has 0 aliphatic carbocycles. The number of aliphatic hydroxyl groups excluding tert-OH is 1. The van der Waals surface area contributed by atoms with Crippen molar-refractivity contribution in [2.45, 2.75) is 151 Å². The van der Waals surface area contributed by atoms with Crippen molar-refractivity contribution in [3.8, 4) is 0 Å². The summed E-state index contributed by atoms with van der Waals surface area (Å²) in [6.45, 7) is 11.2. The Labute approximate surface area is 380 Å². The molecule has 0 fully saturated rings. The average molecular weight is 945 g/mol. The van der Waals surface area contributed by atoms with Crippen LogP contribution in [0.25, 0.3) is 0 Å². The van der Waals surface area contributed by atoms with E-state index in [-0.39, 0.29) is 52.3 Å². The highest BCUT2D eigenvalue weighted by Crippen LogP contribution is 2.47. The minimum absolute atomic E-state index is 0.0239. The number of phosphoric ester groups is 1. The van der Waals surface area contributed by atoms with Crippen LogP contribution in [0, 0.1) is 22.2 Å². The molecule has 0 aromatic carbocycles. The van der Waals surface area contributed by atoms with Gasteiger partial charge >= 0.3 is 40.5 Å². The van der Waals surface area contributed by atoms with Crippen molar-refractivity contribution < 1.29 is 79.5 Å². The van der Waals surface area contributed by atoms with Gasteiger partial charge in [-0.3, -0.25) is 28.2 Å². The SMILES string of the molecule is CCCCCCCCCCCCOC(=O)C(C)(CC(C)(C)C(=O)OCCOP(=O)(O)OCC[N+](C)(C)C)CC(C)(CC(C)C(=O)OCCC[Si](OC)(OC)OC)C(=O)OCC(C)O. The fourth-order valence-corrected chi connectivity index (χ4v) is 9.89. The summed E-state index contributed by atoms with van der Waals surface area (Å²) in [4.78, 5) is 65.3. The number of quaternary nitrogens is 1. The van der Waals surface area contributed by atoms with E-state index in [0.29, 0.717) is 29.9 Å². The number of carbonyl (C=O) groups is 4. The van der Waals surface area contributed by atoms with Crippen molar-refractivity contribution in [1.82, 2.24) is 0 Å². The van der Waals surface area contributed by atoms with E-state index in [1.54, 1.807) is 34.6 Å². The van der Waals surface area contributed by atoms with E-state index in [1.807, 2.05) is 21.1 Å². The zero-order chi connectivity index (χ0) is 48.4. The minimum Gasteiger partial charge on any atom is -0.465 e. The average Bonchev–Trinajstić information content (AvgIpc) is 3.19. The number of unbranched alkanes of at least 4 members (excludes halogenated alkanes) is 9. The highest BCUT2D eigenvalue weighted by molar-refractivity contribution is 7.47. The van der Waals surface area contributed by atoms with Crippen molar-refractivity contribution in [3.63, 3.8) is 0 Å². The van der Waals surface area contributed by atoms with Gasteiger partial charge in [0.25, 0.3) is 0 Å². The second-order valence-corrected chi connectivity index (χ2v) is 23.6. The predicted octanol–water partition coefficient (Wildman–Crippen LogP) is 7.41. The van der Waals surface area contributed by atoms with Gasteiger partial charge in [0.15, 0.2) is 0 Å². The lowest BCUT2D eigenvalue weighted by Crippen LogP contribution is -2.45. The third-order valence-electron chi connectivity index (χ3n) is 10.9. The van der Waals surface area contributed by atoms with Crippen molar-refractivity contribution in [1.29, 1.82) is 0 Å². The normalized spacial score (nSPS) is 16.2. The fourth-order valence-electron chi connectivity index (χ4n) is 7.51. The molecule has 2 N–H and O–H groups in total. The lowest BCUT2D eigenvalue weighted by Gasteiger charge is -2.40. The van der Waals surface area contributed by atoms with Crippen LogP contribution in [0.1, 0.15) is 138 Å². The number of hydrogen-bond donors (Lipinski definition) is 2. The first-order valence-corrected chi connectivity index (χ1v) is 26.1. The maximum absolute atomic E-state index is 14.3. The molecule has 0 saturated carbocycles. The van der Waals surface area contributed by atoms with Gasteiger partial charge in [-0.1, -0.05) is 71.6 Å². The van der Waals surface area contributed by atoms with E-state index in [2.05, 4.69) is 6.92 Å². The van der Waals surface area contributed by atoms with Gasteiger partial charge in [-0.05, 0) is 66.7 Å². The van der Waals surface area contributed by atoms with Crippen LogP contribution in [0.2, 0.25) is 6.04 Å². The highest BCUT2D eigenvalue weighted by Gasteiger charge is 2.51. The molecule has 0 amide bonds. The van der Waals surface area contributed by atoms with E-state index in [4.69, 9.17) is 41.3 Å². The van der Waals surface area contributed by atoms with E-state index in [0.717, 1.165) is 25.7 Å². The molecule has 19 heteroatoms. The molecule has 372 valence electrons. The Morgan fingerprint density at radius 3 is 1.65 bits per heavy atom. The number of carbonyl (C=O) groups excluding carboxylic acids is 4. The number of rotatable bonds is 38. The molecule has 0 spiro atoms. The number of ether oxygens (including phenoxy) is 4. The quantitative estimate of drug-likeness (QED) is 0.0154. The van der Waals surface area contributed by atoms with Gasteiger partial charge in [-0.2, -0.15) is 0 Å². The Hall–Kier alpha value is -1.99. The zero-order valence-electron chi connectivity index (χ0n) is 41.2. The summed E-state index contributed by atoms with van der Waals surface area (Å²) in [5.41, 5.74) is -4.37. The first kappa shape index (κ1) is 61.0. The molecule has 0 radical (unpaired) electrons. The Bertz CT molecular complexity index is 1370. The summed E-state index contributed by atoms with van der Waals surface area (Å²) < 4.78 is 61.8. The van der Waals surface area contributed by atoms with Crippen molar-refractivity contribution >= 4 is 40.5 Å². The smallest absolute Gasteiger partial charge is 0.465 e. The van der Waals surface area contributed by atoms with E-state index in [1.165, 1.54) is 60.4 Å². The Kier molecular flexibility index (Phi) is 29.4. The molecule has 0 aliphatic heterocycles. The van der Waals surface area contributed by atoms with E-state index < -0.39 is 75.4 Å². The molecule has 0 aromatic heterocycles. The van der Waals surface area contributed by atoms with Crippen LogP contribution in [-0.2, 0) is 65.0 Å². The monoisotopic (exact) mass is 945 g/mol. The number of hydrogen-bond acceptors (Lipinski definition) is 15. The van der Waals surface area contributed by atoms with Gasteiger partial charge in [-0.25, -0.2) is 4.57 Å². The van der Waals surface area contributed by atoms with E-state index in [9.17, 15) is 33.7 Å². The molecule has 5 atom stereocenters. The van der Waals surface area contributed by atoms with Crippen LogP contribution in [0.5, 0.6) is 0 Å². The van der Waals surface area contributed by atoms with Crippen molar-refractivity contribution in [2.75, 3.05) is 88.7 Å². The molecule has 63 heavy (non-hydrogen) atoms. The van der Waals surface area contributed by atoms with Crippen LogP contribution >= 0.6 is 7.82 Å². The largest absolute Gasteiger partial charge is 0.500 e. The molecular formula is C44H87NO16PSi+. The van der Waals surface area contributed by atoms with Crippen LogP contribution in [-0.4, -0.2) is 142 Å². The first-order valence-electron chi connectivity index (χ1n) is 22.7. The third kappa shape index (κ3) is 26.1. The topological polar surface area (TPSA) is 209 Å². The van der Waals surface area contributed by atoms with E-state index >= 15 is 0 Å². The summed E-state index contributed by atoms with van der Waals surface area (Å²) >= 11 is 0. The minimum atomic E-state index is -4.41. The molecule has 0 bridgehead atoms. The van der Waals surface area contributed by atoms with Gasteiger partial charge in [0.2, 0.25) is 0 Å². The number of nitrogens with zero attached hydrogens (tertiary/aromatic N) is 1. The summed E-state index contributed by atoms with van der Waals surface area (Å²) in [6.07, 6.45) is 9.93. The molecule has 0 aliphatic rings. The molecule has 0 rings (SSSR count). The fraction of sp³-hybridized carbons (Fsp3) is 0.909. The molecule has 0 heterocycles. The highest BCUT2D eigenvalue weighted by atomic mass is 31.2. The molecule has 0 aromatic rings. The maximum Gasteiger partial charge on any atom is 0.500 e. The van der Waals surface area contributed by atoms with Gasteiger partial charge in [-0.15, -0.1) is 0 Å². The number of esters is 4. The van der Waals surface area contributed by atoms with Gasteiger partial charge in [0.05, 0.1) is 69.2 Å². The standard InChI is InChI=1S/C44H86NO16PSi/c1-14-15-16-17-18-19-20-21-22-23-26-57-41(50)44(7,34-42(4,5)39(48)58-29-30-61-62(51,52)60-28-25-45(8,9)10)35-43(6,40(49)59-33-37(3)46)32-36(2)38(47)56-27-24-31-63(53-11,54-12)55-13/h36-37,46H,14-35H2,1-13H3/p+1. The Balaban J connectivity index is 6.23. The molecule has 17 nitrogen and oxygen atoms in total. The lowest BCUT2D eigenvalue weighted by molar-refractivity contribution is -0.870. The maximum atomic E-state index is 14.3. The summed E-state index contributed by atoms with van der Waals surface area (Å²) in [6, 6.07) is 0.403. The van der Waals surface area contributed by atoms with Crippen LogP contribution in [0.4, 0.5) is 0 Å². The summed E-state index contributed by atoms with van der Waals surface area (Å²) in [7, 11) is 2.91. The molecular weight excluding hydrogens is 858 g/mol. The second kappa shape index (κ2) is 30.3. The lowest BCUT2D eigenvalue weighted by atomic mass is 9.64. The number of phosphoric acid groups is 1. The van der Waals surface area contributed by atoms with Gasteiger partial charge in [0.1, 0.15) is 26.4 Å². The Morgan fingerprint density at radius 2 is 1.13 bits per heavy atom. The van der Waals surface area contributed by atoms with Crippen molar-refractivity contribution in [2.24, 2.45) is 22.2 Å². The first-order chi connectivity index (χ1) is 29.3. The van der Waals surface area contributed by atoms with Crippen LogP contribution in [0.3, 0.4) is 0 Å². The molecule has 5 unspecified atom stereocenters. The number of aliphatic hydroxyl groups is 1. The van der Waals surface area contributed by atoms with Crippen molar-refractivity contribution in [3.05, 3.63) is 0 Å². The number of likely N-dealkylation sites (N-methyl/N-ethyl adjacent to an activating group) is 1. The summed E-state index contributed by atoms with van der Waals surface area (Å²) in [5, 5.41) is 9.99. The van der Waals surface area contributed by atoms with Gasteiger partial charge in [0, 0.05) is 27.4 Å². The van der Waals surface area contributed by atoms with Crippen LogP contribution in [0.15, 0.2) is 0 Å². The third-order valence-corrected chi connectivity index (χ3v) is 14.7. The Morgan fingerprint density at radius 1 is 0.635 bits per heavy atom. The van der Waals surface area contributed by atoms with Gasteiger partial charge < -0.3 is 46.7 Å². The zero-order valence-corrected chi connectivity index (χ0v) is 43.1. The summed E-state index contributed by atoms with van der Waals surface area (Å²) in [5.74, 6) is -3.53. The predicted molar refractivity (Wildman–Crippen MR) is 241 cm³/mol.